The number of nitrogens with one attached hydrogen (secondary N) is 1. The Labute approximate surface area is 172 Å². The van der Waals surface area contributed by atoms with E-state index in [0.717, 1.165) is 29.7 Å². The van der Waals surface area contributed by atoms with Crippen LogP contribution in [-0.2, 0) is 14.4 Å². The summed E-state index contributed by atoms with van der Waals surface area (Å²) in [5, 5.41) is 6.71. The molecule has 0 unspecified atom stereocenters. The second kappa shape index (κ2) is 9.62. The van der Waals surface area contributed by atoms with Crippen molar-refractivity contribution in [3.05, 3.63) is 29.3 Å². The third kappa shape index (κ3) is 6.66. The number of nitrogens with two attached hydrogens (primary N) is 1. The van der Waals surface area contributed by atoms with E-state index in [0.29, 0.717) is 13.0 Å². The number of hydrogen-bond acceptors (Lipinski definition) is 5. The van der Waals surface area contributed by atoms with Gasteiger partial charge in [-0.25, -0.2) is 4.79 Å². The van der Waals surface area contributed by atoms with Crippen molar-refractivity contribution in [3.63, 3.8) is 0 Å². The van der Waals surface area contributed by atoms with E-state index in [-0.39, 0.29) is 18.3 Å². The van der Waals surface area contributed by atoms with Gasteiger partial charge in [-0.15, -0.1) is 0 Å². The molecule has 2 rings (SSSR count). The average molecular weight is 405 g/mol. The number of rotatable bonds is 5. The van der Waals surface area contributed by atoms with Crippen LogP contribution in [0.3, 0.4) is 0 Å². The number of amidine groups is 1. The number of carbonyl (C=O) groups excluding carboxylic acids is 2. The monoisotopic (exact) mass is 404 g/mol. The molecule has 0 aromatic heterocycles. The first-order chi connectivity index (χ1) is 13.6. The lowest BCUT2D eigenvalue weighted by molar-refractivity contribution is -0.120. The summed E-state index contributed by atoms with van der Waals surface area (Å²) in [6, 6.07) is 5.38. The van der Waals surface area contributed by atoms with Crippen molar-refractivity contribution in [1.82, 2.24) is 4.90 Å². The van der Waals surface area contributed by atoms with E-state index in [4.69, 9.17) is 15.3 Å². The van der Waals surface area contributed by atoms with Crippen LogP contribution in [0.5, 0.6) is 0 Å². The molecular formula is C21H32N4O4. The largest absolute Gasteiger partial charge is 0.444 e. The van der Waals surface area contributed by atoms with E-state index >= 15 is 0 Å². The Morgan fingerprint density at radius 3 is 2.52 bits per heavy atom. The zero-order valence-electron chi connectivity index (χ0n) is 17.9. The fourth-order valence-electron chi connectivity index (χ4n) is 3.19. The van der Waals surface area contributed by atoms with Crippen LogP contribution < -0.4 is 11.1 Å². The number of piperidine rings is 1. The fraction of sp³-hybridized carbons (Fsp3) is 0.571. The van der Waals surface area contributed by atoms with Crippen LogP contribution in [0.1, 0.15) is 51.2 Å². The minimum Gasteiger partial charge on any atom is -0.444 e. The van der Waals surface area contributed by atoms with Crippen LogP contribution >= 0.6 is 0 Å². The molecule has 160 valence electrons. The first-order valence-corrected chi connectivity index (χ1v) is 9.89. The summed E-state index contributed by atoms with van der Waals surface area (Å²) < 4.78 is 5.46. The zero-order chi connectivity index (χ0) is 21.6. The van der Waals surface area contributed by atoms with Gasteiger partial charge in [0.15, 0.2) is 12.4 Å². The topological polar surface area (TPSA) is 106 Å². The van der Waals surface area contributed by atoms with Crippen molar-refractivity contribution < 1.29 is 19.2 Å². The molecule has 3 N–H and O–H groups in total. The van der Waals surface area contributed by atoms with Gasteiger partial charge in [0.05, 0.1) is 6.04 Å². The number of aryl methyl sites for hydroxylation is 2. The summed E-state index contributed by atoms with van der Waals surface area (Å²) in [4.78, 5) is 31.4. The lowest BCUT2D eigenvalue weighted by Gasteiger charge is -2.36. The molecule has 2 amide bonds. The highest BCUT2D eigenvalue weighted by Gasteiger charge is 2.33. The van der Waals surface area contributed by atoms with Crippen molar-refractivity contribution in [3.8, 4) is 0 Å². The normalized spacial score (nSPS) is 17.6. The van der Waals surface area contributed by atoms with Gasteiger partial charge in [-0.2, -0.15) is 0 Å². The molecule has 0 saturated carbocycles. The van der Waals surface area contributed by atoms with Gasteiger partial charge in [-0.05, 0) is 65.0 Å². The van der Waals surface area contributed by atoms with Gasteiger partial charge in [-0.3, -0.25) is 9.69 Å². The smallest absolute Gasteiger partial charge is 0.410 e. The summed E-state index contributed by atoms with van der Waals surface area (Å²) >= 11 is 0. The molecule has 8 heteroatoms. The first-order valence-electron chi connectivity index (χ1n) is 9.89. The van der Waals surface area contributed by atoms with Crippen LogP contribution in [0, 0.1) is 13.8 Å². The summed E-state index contributed by atoms with van der Waals surface area (Å²) in [6.07, 6.45) is 2.05. The molecule has 1 atom stereocenters. The predicted molar refractivity (Wildman–Crippen MR) is 113 cm³/mol. The van der Waals surface area contributed by atoms with Crippen molar-refractivity contribution in [1.29, 1.82) is 0 Å². The third-order valence-corrected chi connectivity index (χ3v) is 4.58. The maximum Gasteiger partial charge on any atom is 0.410 e. The third-order valence-electron chi connectivity index (χ3n) is 4.58. The SMILES string of the molecule is Cc1cccc(C)c1NC(=O)CO/N=C(\N)[C@H]1CCCCN1C(=O)OC(C)(C)C. The van der Waals surface area contributed by atoms with E-state index in [1.165, 1.54) is 0 Å². The fourth-order valence-corrected chi connectivity index (χ4v) is 3.19. The van der Waals surface area contributed by atoms with Gasteiger partial charge >= 0.3 is 6.09 Å². The number of hydrogen-bond donors (Lipinski definition) is 2. The van der Waals surface area contributed by atoms with Gasteiger partial charge in [-0.1, -0.05) is 23.4 Å². The highest BCUT2D eigenvalue weighted by atomic mass is 16.6. The summed E-state index contributed by atoms with van der Waals surface area (Å²) in [6.45, 7) is 9.58. The van der Waals surface area contributed by atoms with E-state index in [1.54, 1.807) is 4.90 Å². The number of anilines is 1. The molecule has 0 aliphatic carbocycles. The summed E-state index contributed by atoms with van der Waals surface area (Å²) in [5.74, 6) is -0.165. The van der Waals surface area contributed by atoms with Gasteiger partial charge in [0.1, 0.15) is 5.60 Å². The molecule has 1 aromatic carbocycles. The maximum absolute atomic E-state index is 12.5. The van der Waals surface area contributed by atoms with Crippen LogP contribution in [0.2, 0.25) is 0 Å². The molecule has 1 aliphatic heterocycles. The Kier molecular flexibility index (Phi) is 7.47. The predicted octanol–water partition coefficient (Wildman–Crippen LogP) is 3.32. The number of ether oxygens (including phenoxy) is 1. The Bertz CT molecular complexity index is 750. The second-order valence-electron chi connectivity index (χ2n) is 8.29. The number of benzene rings is 1. The maximum atomic E-state index is 12.5. The molecule has 1 heterocycles. The Hall–Kier alpha value is -2.77. The number of nitrogens with zero attached hydrogens (tertiary/aromatic N) is 2. The standard InChI is InChI=1S/C21H32N4O4/c1-14-9-8-10-15(2)18(14)23-17(26)13-28-24-19(22)16-11-6-7-12-25(16)20(27)29-21(3,4)5/h8-10,16H,6-7,11-13H2,1-5H3,(H2,22,24)(H,23,26)/t16-/m1/s1. The van der Waals surface area contributed by atoms with Crippen LogP contribution in [-0.4, -0.2) is 47.5 Å². The number of carbonyl (C=O) groups is 2. The van der Waals surface area contributed by atoms with E-state index in [9.17, 15) is 9.59 Å². The van der Waals surface area contributed by atoms with Crippen LogP contribution in [0.4, 0.5) is 10.5 Å². The van der Waals surface area contributed by atoms with Crippen molar-refractivity contribution >= 4 is 23.5 Å². The van der Waals surface area contributed by atoms with Gasteiger partial charge in [0.2, 0.25) is 0 Å². The molecule has 1 fully saturated rings. The van der Waals surface area contributed by atoms with Gasteiger partial charge in [0.25, 0.3) is 5.91 Å². The van der Waals surface area contributed by atoms with Gasteiger partial charge < -0.3 is 20.6 Å². The lowest BCUT2D eigenvalue weighted by Crippen LogP contribution is -2.52. The molecule has 8 nitrogen and oxygen atoms in total. The van der Waals surface area contributed by atoms with Gasteiger partial charge in [0, 0.05) is 12.2 Å². The molecule has 0 bridgehead atoms. The molecule has 1 aromatic rings. The Morgan fingerprint density at radius 1 is 1.24 bits per heavy atom. The van der Waals surface area contributed by atoms with Crippen LogP contribution in [0.15, 0.2) is 23.4 Å². The van der Waals surface area contributed by atoms with Crippen LogP contribution in [0.25, 0.3) is 0 Å². The highest BCUT2D eigenvalue weighted by molar-refractivity contribution is 5.93. The molecule has 0 radical (unpaired) electrons. The highest BCUT2D eigenvalue weighted by Crippen LogP contribution is 2.21. The van der Waals surface area contributed by atoms with Crippen molar-refractivity contribution in [2.75, 3.05) is 18.5 Å². The molecule has 1 aliphatic rings. The van der Waals surface area contributed by atoms with E-state index in [1.807, 2.05) is 52.8 Å². The van der Waals surface area contributed by atoms with Crippen molar-refractivity contribution in [2.24, 2.45) is 10.9 Å². The molecule has 29 heavy (non-hydrogen) atoms. The Balaban J connectivity index is 1.95. The number of oxime groups is 1. The minimum absolute atomic E-state index is 0.162. The number of amides is 2. The minimum atomic E-state index is -0.590. The quantitative estimate of drug-likeness (QED) is 0.445. The zero-order valence-corrected chi connectivity index (χ0v) is 17.9. The van der Waals surface area contributed by atoms with E-state index in [2.05, 4.69) is 10.5 Å². The Morgan fingerprint density at radius 2 is 1.90 bits per heavy atom. The average Bonchev–Trinajstić information content (AvgIpc) is 2.63. The number of likely N-dealkylation sites (tertiary alicyclic amines) is 1. The lowest BCUT2D eigenvalue weighted by atomic mass is 10.0. The second-order valence-corrected chi connectivity index (χ2v) is 8.29. The van der Waals surface area contributed by atoms with E-state index < -0.39 is 17.7 Å². The summed E-state index contributed by atoms with van der Waals surface area (Å²) in [5.41, 5.74) is 8.18. The van der Waals surface area contributed by atoms with Crippen molar-refractivity contribution in [2.45, 2.75) is 65.5 Å². The first kappa shape index (κ1) is 22.5. The number of para-hydroxylation sites is 1. The molecule has 0 spiro atoms. The summed E-state index contributed by atoms with van der Waals surface area (Å²) in [7, 11) is 0. The molecular weight excluding hydrogens is 372 g/mol. The molecule has 1 saturated heterocycles.